The van der Waals surface area contributed by atoms with Crippen LogP contribution in [-0.2, 0) is 0 Å². The zero-order valence-electron chi connectivity index (χ0n) is 10.3. The quantitative estimate of drug-likeness (QED) is 0.748. The lowest BCUT2D eigenvalue weighted by atomic mass is 10.1. The van der Waals surface area contributed by atoms with Crippen molar-refractivity contribution in [1.82, 2.24) is 15.5 Å². The summed E-state index contributed by atoms with van der Waals surface area (Å²) in [6.07, 6.45) is 2.65. The van der Waals surface area contributed by atoms with Crippen LogP contribution in [-0.4, -0.2) is 33.9 Å². The number of nitrogens with zero attached hydrogens (tertiary/aromatic N) is 1. The Morgan fingerprint density at radius 2 is 2.39 bits per heavy atom. The molecule has 1 heterocycles. The van der Waals surface area contributed by atoms with Crippen LogP contribution < -0.4 is 5.32 Å². The first-order valence-corrected chi connectivity index (χ1v) is 6.10. The molecule has 18 heavy (non-hydrogen) atoms. The number of nitrogens with one attached hydrogen (secondary N) is 2. The van der Waals surface area contributed by atoms with Crippen LogP contribution in [0.5, 0.6) is 0 Å². The van der Waals surface area contributed by atoms with E-state index >= 15 is 0 Å². The Labute approximate surface area is 105 Å². The summed E-state index contributed by atoms with van der Waals surface area (Å²) in [5.41, 5.74) is 1.44. The molecule has 0 aliphatic rings. The number of carbonyl (C=O) groups is 1. The van der Waals surface area contributed by atoms with E-state index in [0.29, 0.717) is 24.9 Å². The number of H-pyrrole nitrogens is 1. The third-order valence-electron chi connectivity index (χ3n) is 2.94. The number of aliphatic hydroxyl groups is 1. The largest absolute Gasteiger partial charge is 0.393 e. The lowest BCUT2D eigenvalue weighted by Crippen LogP contribution is -2.26. The first kappa shape index (κ1) is 12.6. The fourth-order valence-electron chi connectivity index (χ4n) is 1.74. The van der Waals surface area contributed by atoms with E-state index in [0.717, 1.165) is 10.9 Å². The van der Waals surface area contributed by atoms with Crippen LogP contribution in [0.25, 0.3) is 10.9 Å². The smallest absolute Gasteiger partial charge is 0.251 e. The molecule has 0 spiro atoms. The number of hydrogen-bond donors (Lipinski definition) is 3. The molecule has 3 N–H and O–H groups in total. The van der Waals surface area contributed by atoms with E-state index in [-0.39, 0.29) is 12.0 Å². The number of carbonyl (C=O) groups excluding carboxylic acids is 1. The second-order valence-corrected chi connectivity index (χ2v) is 4.28. The maximum Gasteiger partial charge on any atom is 0.251 e. The molecule has 0 aliphatic carbocycles. The Kier molecular flexibility index (Phi) is 3.94. The Bertz CT molecular complexity index is 536. The SMILES string of the molecule is CCC(O)CCNC(=O)c1ccc2cn[nH]c2c1. The van der Waals surface area contributed by atoms with Gasteiger partial charge in [0.1, 0.15) is 0 Å². The molecule has 0 fully saturated rings. The highest BCUT2D eigenvalue weighted by Crippen LogP contribution is 2.12. The highest BCUT2D eigenvalue weighted by Gasteiger charge is 2.07. The minimum absolute atomic E-state index is 0.130. The van der Waals surface area contributed by atoms with Crippen LogP contribution in [0, 0.1) is 0 Å². The molecular weight excluding hydrogens is 230 g/mol. The molecule has 0 bridgehead atoms. The van der Waals surface area contributed by atoms with Gasteiger partial charge in [-0.1, -0.05) is 13.0 Å². The first-order chi connectivity index (χ1) is 8.70. The molecule has 0 saturated heterocycles. The number of aromatic nitrogens is 2. The van der Waals surface area contributed by atoms with Crippen molar-refractivity contribution in [3.63, 3.8) is 0 Å². The normalized spacial score (nSPS) is 12.6. The molecule has 1 amide bonds. The number of benzene rings is 1. The van der Waals surface area contributed by atoms with E-state index in [9.17, 15) is 9.90 Å². The first-order valence-electron chi connectivity index (χ1n) is 6.10. The average molecular weight is 247 g/mol. The third-order valence-corrected chi connectivity index (χ3v) is 2.94. The molecule has 5 heteroatoms. The molecule has 96 valence electrons. The summed E-state index contributed by atoms with van der Waals surface area (Å²) >= 11 is 0. The lowest BCUT2D eigenvalue weighted by molar-refractivity contribution is 0.0942. The Balaban J connectivity index is 1.95. The van der Waals surface area contributed by atoms with Gasteiger partial charge in [-0.15, -0.1) is 0 Å². The molecule has 2 rings (SSSR count). The summed E-state index contributed by atoms with van der Waals surface area (Å²) in [7, 11) is 0. The van der Waals surface area contributed by atoms with Crippen LogP contribution >= 0.6 is 0 Å². The van der Waals surface area contributed by atoms with Crippen molar-refractivity contribution in [3.05, 3.63) is 30.0 Å². The average Bonchev–Trinajstić information content (AvgIpc) is 2.85. The van der Waals surface area contributed by atoms with Gasteiger partial charge in [0.15, 0.2) is 0 Å². The minimum atomic E-state index is -0.347. The van der Waals surface area contributed by atoms with Gasteiger partial charge >= 0.3 is 0 Å². The van der Waals surface area contributed by atoms with Crippen molar-refractivity contribution in [2.75, 3.05) is 6.54 Å². The van der Waals surface area contributed by atoms with Crippen LogP contribution in [0.2, 0.25) is 0 Å². The highest BCUT2D eigenvalue weighted by atomic mass is 16.3. The maximum absolute atomic E-state index is 11.9. The van der Waals surface area contributed by atoms with E-state index in [1.165, 1.54) is 0 Å². The predicted octanol–water partition coefficient (Wildman–Crippen LogP) is 1.45. The number of rotatable bonds is 5. The molecule has 0 aliphatic heterocycles. The van der Waals surface area contributed by atoms with Gasteiger partial charge in [-0.3, -0.25) is 9.89 Å². The van der Waals surface area contributed by atoms with Crippen molar-refractivity contribution in [2.24, 2.45) is 0 Å². The Morgan fingerprint density at radius 3 is 3.17 bits per heavy atom. The van der Waals surface area contributed by atoms with Crippen LogP contribution in [0.3, 0.4) is 0 Å². The molecule has 5 nitrogen and oxygen atoms in total. The van der Waals surface area contributed by atoms with Crippen molar-refractivity contribution in [3.8, 4) is 0 Å². The van der Waals surface area contributed by atoms with Gasteiger partial charge in [0.25, 0.3) is 5.91 Å². The van der Waals surface area contributed by atoms with Gasteiger partial charge in [0.05, 0.1) is 17.8 Å². The van der Waals surface area contributed by atoms with Crippen molar-refractivity contribution < 1.29 is 9.90 Å². The van der Waals surface area contributed by atoms with Gasteiger partial charge in [-0.2, -0.15) is 5.10 Å². The zero-order chi connectivity index (χ0) is 13.0. The van der Waals surface area contributed by atoms with Gasteiger partial charge in [0.2, 0.25) is 0 Å². The molecule has 1 aromatic carbocycles. The van der Waals surface area contributed by atoms with E-state index < -0.39 is 0 Å². The van der Waals surface area contributed by atoms with Crippen molar-refractivity contribution in [1.29, 1.82) is 0 Å². The van der Waals surface area contributed by atoms with E-state index in [2.05, 4.69) is 15.5 Å². The standard InChI is InChI=1S/C13H17N3O2/c1-2-11(17)5-6-14-13(18)9-3-4-10-8-15-16-12(10)7-9/h3-4,7-8,11,17H,2,5-6H2,1H3,(H,14,18)(H,15,16). The second-order valence-electron chi connectivity index (χ2n) is 4.28. The lowest BCUT2D eigenvalue weighted by Gasteiger charge is -2.08. The zero-order valence-corrected chi connectivity index (χ0v) is 10.3. The molecule has 1 aromatic heterocycles. The molecule has 2 aromatic rings. The maximum atomic E-state index is 11.9. The number of amides is 1. The van der Waals surface area contributed by atoms with Crippen LogP contribution in [0.4, 0.5) is 0 Å². The molecule has 0 radical (unpaired) electrons. The summed E-state index contributed by atoms with van der Waals surface area (Å²) in [4.78, 5) is 11.9. The number of fused-ring (bicyclic) bond motifs is 1. The topological polar surface area (TPSA) is 78.0 Å². The number of aromatic amines is 1. The summed E-state index contributed by atoms with van der Waals surface area (Å²) in [6, 6.07) is 5.39. The Morgan fingerprint density at radius 1 is 1.56 bits per heavy atom. The van der Waals surface area contributed by atoms with Gasteiger partial charge in [0, 0.05) is 17.5 Å². The molecule has 1 unspecified atom stereocenters. The molecule has 1 atom stereocenters. The van der Waals surface area contributed by atoms with Crippen LogP contribution in [0.15, 0.2) is 24.4 Å². The highest BCUT2D eigenvalue weighted by molar-refractivity contribution is 5.97. The van der Waals surface area contributed by atoms with Gasteiger partial charge < -0.3 is 10.4 Å². The van der Waals surface area contributed by atoms with Crippen molar-refractivity contribution >= 4 is 16.8 Å². The fourth-order valence-corrected chi connectivity index (χ4v) is 1.74. The summed E-state index contributed by atoms with van der Waals surface area (Å²) < 4.78 is 0. The predicted molar refractivity (Wildman–Crippen MR) is 69.3 cm³/mol. The number of hydrogen-bond acceptors (Lipinski definition) is 3. The summed E-state index contributed by atoms with van der Waals surface area (Å²) in [6.45, 7) is 2.40. The fraction of sp³-hybridized carbons (Fsp3) is 0.385. The second kappa shape index (κ2) is 5.64. The summed E-state index contributed by atoms with van der Waals surface area (Å²) in [5.74, 6) is -0.130. The van der Waals surface area contributed by atoms with E-state index in [1.54, 1.807) is 18.3 Å². The minimum Gasteiger partial charge on any atom is -0.393 e. The molecule has 0 saturated carbocycles. The van der Waals surface area contributed by atoms with Gasteiger partial charge in [-0.05, 0) is 25.0 Å². The molecular formula is C13H17N3O2. The van der Waals surface area contributed by atoms with E-state index in [1.807, 2.05) is 13.0 Å². The van der Waals surface area contributed by atoms with Crippen molar-refractivity contribution in [2.45, 2.75) is 25.9 Å². The third kappa shape index (κ3) is 2.87. The van der Waals surface area contributed by atoms with Gasteiger partial charge in [-0.25, -0.2) is 0 Å². The monoisotopic (exact) mass is 247 g/mol. The van der Waals surface area contributed by atoms with E-state index in [4.69, 9.17) is 0 Å². The van der Waals surface area contributed by atoms with Crippen LogP contribution in [0.1, 0.15) is 30.1 Å². The number of aliphatic hydroxyl groups excluding tert-OH is 1. The Hall–Kier alpha value is -1.88. The summed E-state index contributed by atoms with van der Waals surface area (Å²) in [5, 5.41) is 19.9.